The van der Waals surface area contributed by atoms with Crippen LogP contribution in [0.4, 0.5) is 10.1 Å². The maximum atomic E-state index is 13.6. The van der Waals surface area contributed by atoms with Crippen LogP contribution in [0.15, 0.2) is 36.4 Å². The normalized spacial score (nSPS) is 10.5. The van der Waals surface area contributed by atoms with E-state index in [9.17, 15) is 9.18 Å². The average Bonchev–Trinajstić information content (AvgIpc) is 2.44. The van der Waals surface area contributed by atoms with Gasteiger partial charge >= 0.3 is 0 Å². The summed E-state index contributed by atoms with van der Waals surface area (Å²) in [5.41, 5.74) is 6.62. The Morgan fingerprint density at radius 2 is 1.95 bits per heavy atom. The smallest absolute Gasteiger partial charge is 0.255 e. The van der Waals surface area contributed by atoms with Gasteiger partial charge in [0.05, 0.1) is 15.6 Å². The second-order valence-corrected chi connectivity index (χ2v) is 5.40. The Morgan fingerprint density at radius 1 is 1.29 bits per heavy atom. The number of amides is 1. The van der Waals surface area contributed by atoms with Crippen LogP contribution in [0.3, 0.4) is 0 Å². The number of carbonyl (C=O) groups is 1. The van der Waals surface area contributed by atoms with Gasteiger partial charge in [-0.15, -0.1) is 0 Å². The lowest BCUT2D eigenvalue weighted by molar-refractivity contribution is 0.0784. The predicted molar refractivity (Wildman–Crippen MR) is 83.1 cm³/mol. The zero-order valence-corrected chi connectivity index (χ0v) is 12.7. The van der Waals surface area contributed by atoms with Crippen LogP contribution in [-0.2, 0) is 6.54 Å². The van der Waals surface area contributed by atoms with Crippen molar-refractivity contribution in [1.29, 1.82) is 0 Å². The van der Waals surface area contributed by atoms with E-state index in [4.69, 9.17) is 28.9 Å². The first-order chi connectivity index (χ1) is 9.90. The number of nitrogens with two attached hydrogens (primary N) is 1. The molecule has 0 heterocycles. The van der Waals surface area contributed by atoms with Crippen LogP contribution >= 0.6 is 23.2 Å². The predicted octanol–water partition coefficient (Wildman–Crippen LogP) is 3.99. The molecule has 3 nitrogen and oxygen atoms in total. The quantitative estimate of drug-likeness (QED) is 0.867. The van der Waals surface area contributed by atoms with Gasteiger partial charge in [-0.25, -0.2) is 4.39 Å². The molecule has 0 radical (unpaired) electrons. The lowest BCUT2D eigenvalue weighted by atomic mass is 10.1. The summed E-state index contributed by atoms with van der Waals surface area (Å²) in [6.07, 6.45) is 0. The zero-order valence-electron chi connectivity index (χ0n) is 11.2. The van der Waals surface area contributed by atoms with E-state index >= 15 is 0 Å². The third-order valence-corrected chi connectivity index (χ3v) is 3.80. The third kappa shape index (κ3) is 3.46. The highest BCUT2D eigenvalue weighted by atomic mass is 35.5. The first-order valence-electron chi connectivity index (χ1n) is 6.13. The summed E-state index contributed by atoms with van der Waals surface area (Å²) in [7, 11) is 1.56. The molecule has 0 unspecified atom stereocenters. The summed E-state index contributed by atoms with van der Waals surface area (Å²) in [6, 6.07) is 9.19. The monoisotopic (exact) mass is 326 g/mol. The highest BCUT2D eigenvalue weighted by molar-refractivity contribution is 6.44. The number of anilines is 1. The lowest BCUT2D eigenvalue weighted by Gasteiger charge is -2.19. The van der Waals surface area contributed by atoms with Gasteiger partial charge in [-0.05, 0) is 18.2 Å². The molecule has 0 aromatic heterocycles. The van der Waals surface area contributed by atoms with Gasteiger partial charge in [-0.1, -0.05) is 41.4 Å². The van der Waals surface area contributed by atoms with Crippen molar-refractivity contribution in [3.63, 3.8) is 0 Å². The number of nitrogen functional groups attached to an aromatic ring is 1. The molecule has 2 aromatic carbocycles. The van der Waals surface area contributed by atoms with Gasteiger partial charge in [0.15, 0.2) is 0 Å². The van der Waals surface area contributed by atoms with Crippen LogP contribution in [0.2, 0.25) is 10.0 Å². The number of hydrogen-bond donors (Lipinski definition) is 1. The van der Waals surface area contributed by atoms with Crippen molar-refractivity contribution in [3.8, 4) is 0 Å². The Hall–Kier alpha value is -1.78. The number of carbonyl (C=O) groups excluding carboxylic acids is 1. The molecule has 2 aromatic rings. The van der Waals surface area contributed by atoms with Crippen molar-refractivity contribution < 1.29 is 9.18 Å². The summed E-state index contributed by atoms with van der Waals surface area (Å²) in [5.74, 6) is -0.744. The SMILES string of the molecule is CN(Cc1ccccc1F)C(=O)c1cc(N)cc(Cl)c1Cl. The van der Waals surface area contributed by atoms with Crippen molar-refractivity contribution in [2.24, 2.45) is 0 Å². The Balaban J connectivity index is 2.26. The lowest BCUT2D eigenvalue weighted by Crippen LogP contribution is -2.27. The van der Waals surface area contributed by atoms with Crippen molar-refractivity contribution in [2.75, 3.05) is 12.8 Å². The maximum Gasteiger partial charge on any atom is 0.255 e. The minimum Gasteiger partial charge on any atom is -0.399 e. The molecule has 0 aliphatic rings. The molecule has 21 heavy (non-hydrogen) atoms. The summed E-state index contributed by atoms with van der Waals surface area (Å²) >= 11 is 11.9. The maximum absolute atomic E-state index is 13.6. The van der Waals surface area contributed by atoms with Crippen molar-refractivity contribution in [2.45, 2.75) is 6.54 Å². The highest BCUT2D eigenvalue weighted by Gasteiger charge is 2.19. The van der Waals surface area contributed by atoms with E-state index in [0.29, 0.717) is 11.3 Å². The van der Waals surface area contributed by atoms with Gasteiger partial charge in [0.2, 0.25) is 0 Å². The average molecular weight is 327 g/mol. The van der Waals surface area contributed by atoms with E-state index < -0.39 is 0 Å². The molecule has 110 valence electrons. The van der Waals surface area contributed by atoms with Crippen molar-refractivity contribution >= 4 is 34.8 Å². The molecule has 0 fully saturated rings. The zero-order chi connectivity index (χ0) is 15.6. The molecule has 1 amide bonds. The molecule has 0 saturated heterocycles. The number of nitrogens with zero attached hydrogens (tertiary/aromatic N) is 1. The Kier molecular flexibility index (Phi) is 4.70. The molecular formula is C15H13Cl2FN2O. The van der Waals surface area contributed by atoms with E-state index in [1.807, 2.05) is 0 Å². The van der Waals surface area contributed by atoms with Gasteiger partial charge < -0.3 is 10.6 Å². The number of rotatable bonds is 3. The summed E-state index contributed by atoms with van der Waals surface area (Å²) in [5, 5.41) is 0.343. The van der Waals surface area contributed by atoms with E-state index in [0.717, 1.165) is 0 Å². The van der Waals surface area contributed by atoms with Gasteiger partial charge in [0, 0.05) is 24.8 Å². The number of halogens is 3. The van der Waals surface area contributed by atoms with Gasteiger partial charge in [0.1, 0.15) is 5.82 Å². The highest BCUT2D eigenvalue weighted by Crippen LogP contribution is 2.29. The van der Waals surface area contributed by atoms with Crippen LogP contribution in [0, 0.1) is 5.82 Å². The standard InChI is InChI=1S/C15H13Cl2FN2O/c1-20(8-9-4-2-3-5-13(9)18)15(21)11-6-10(19)7-12(16)14(11)17/h2-7H,8,19H2,1H3. The van der Waals surface area contributed by atoms with Crippen molar-refractivity contribution in [1.82, 2.24) is 4.90 Å². The van der Waals surface area contributed by atoms with Gasteiger partial charge in [0.25, 0.3) is 5.91 Å². The van der Waals surface area contributed by atoms with E-state index in [-0.39, 0.29) is 33.9 Å². The van der Waals surface area contributed by atoms with E-state index in [1.165, 1.54) is 23.1 Å². The molecule has 2 rings (SSSR count). The van der Waals surface area contributed by atoms with E-state index in [1.54, 1.807) is 25.2 Å². The molecule has 6 heteroatoms. The molecule has 0 bridgehead atoms. The molecule has 0 atom stereocenters. The van der Waals surface area contributed by atoms with E-state index in [2.05, 4.69) is 0 Å². The number of hydrogen-bond acceptors (Lipinski definition) is 2. The first kappa shape index (κ1) is 15.6. The van der Waals surface area contributed by atoms with Crippen LogP contribution in [0.25, 0.3) is 0 Å². The Morgan fingerprint density at radius 3 is 2.62 bits per heavy atom. The molecule has 0 aliphatic heterocycles. The summed E-state index contributed by atoms with van der Waals surface area (Å²) in [4.78, 5) is 13.7. The van der Waals surface area contributed by atoms with Crippen LogP contribution in [0.5, 0.6) is 0 Å². The molecular weight excluding hydrogens is 314 g/mol. The molecule has 0 spiro atoms. The van der Waals surface area contributed by atoms with Crippen LogP contribution in [0.1, 0.15) is 15.9 Å². The molecule has 0 aliphatic carbocycles. The van der Waals surface area contributed by atoms with Crippen LogP contribution < -0.4 is 5.73 Å². The minimum absolute atomic E-state index is 0.119. The molecule has 2 N–H and O–H groups in total. The summed E-state index contributed by atoms with van der Waals surface area (Å²) < 4.78 is 13.6. The summed E-state index contributed by atoms with van der Waals surface area (Å²) in [6.45, 7) is 0.119. The second-order valence-electron chi connectivity index (χ2n) is 4.62. The fourth-order valence-corrected chi connectivity index (χ4v) is 2.34. The largest absolute Gasteiger partial charge is 0.399 e. The van der Waals surface area contributed by atoms with Crippen LogP contribution in [-0.4, -0.2) is 17.9 Å². The second kappa shape index (κ2) is 6.33. The van der Waals surface area contributed by atoms with Gasteiger partial charge in [-0.3, -0.25) is 4.79 Å². The fourth-order valence-electron chi connectivity index (χ4n) is 1.93. The minimum atomic E-state index is -0.377. The fraction of sp³-hybridized carbons (Fsp3) is 0.133. The first-order valence-corrected chi connectivity index (χ1v) is 6.89. The Bertz CT molecular complexity index is 691. The topological polar surface area (TPSA) is 46.3 Å². The third-order valence-electron chi connectivity index (χ3n) is 2.99. The number of benzene rings is 2. The molecule has 0 saturated carbocycles. The Labute approximate surface area is 132 Å². The van der Waals surface area contributed by atoms with Crippen molar-refractivity contribution in [3.05, 3.63) is 63.4 Å². The van der Waals surface area contributed by atoms with Gasteiger partial charge in [-0.2, -0.15) is 0 Å².